The Morgan fingerprint density at radius 1 is 1.50 bits per heavy atom. The van der Waals surface area contributed by atoms with Crippen molar-refractivity contribution in [2.45, 2.75) is 0 Å². The van der Waals surface area contributed by atoms with Crippen molar-refractivity contribution >= 4 is 17.7 Å². The Balaban J connectivity index is 3.00. The third kappa shape index (κ3) is 2.00. The number of phenols is 1. The highest BCUT2D eigenvalue weighted by Crippen LogP contribution is 2.27. The summed E-state index contributed by atoms with van der Waals surface area (Å²) in [7, 11) is 0. The number of nitrogens with two attached hydrogens (primary N) is 1. The second-order valence-corrected chi connectivity index (χ2v) is 2.70. The zero-order valence-corrected chi connectivity index (χ0v) is 7.25. The molecule has 0 unspecified atom stereocenters. The maximum Gasteiger partial charge on any atom is 0.134 e. The van der Waals surface area contributed by atoms with Crippen LogP contribution in [0.4, 0.5) is 0 Å². The highest BCUT2D eigenvalue weighted by Gasteiger charge is 1.99. The Kier molecular flexibility index (Phi) is 3.14. The second kappa shape index (κ2) is 4.14. The molecule has 0 atom stereocenters. The minimum Gasteiger partial charge on any atom is -0.506 e. The summed E-state index contributed by atoms with van der Waals surface area (Å²) >= 11 is 5.79. The van der Waals surface area contributed by atoms with Crippen LogP contribution in [0.3, 0.4) is 0 Å². The van der Waals surface area contributed by atoms with Crippen LogP contribution in [0.1, 0.15) is 5.56 Å². The molecule has 64 valence electrons. The van der Waals surface area contributed by atoms with Gasteiger partial charge in [0.15, 0.2) is 0 Å². The van der Waals surface area contributed by atoms with Crippen LogP contribution in [0.25, 0.3) is 6.08 Å². The first-order chi connectivity index (χ1) is 5.75. The van der Waals surface area contributed by atoms with Gasteiger partial charge in [0, 0.05) is 6.54 Å². The molecule has 0 saturated carbocycles. The lowest BCUT2D eigenvalue weighted by atomic mass is 10.2. The van der Waals surface area contributed by atoms with E-state index in [0.717, 1.165) is 5.56 Å². The number of halogens is 1. The van der Waals surface area contributed by atoms with E-state index in [0.29, 0.717) is 11.6 Å². The summed E-state index contributed by atoms with van der Waals surface area (Å²) < 4.78 is 0. The molecule has 0 heterocycles. The molecule has 12 heavy (non-hydrogen) atoms. The van der Waals surface area contributed by atoms with E-state index < -0.39 is 0 Å². The molecule has 1 rings (SSSR count). The van der Waals surface area contributed by atoms with E-state index in [4.69, 9.17) is 17.3 Å². The zero-order chi connectivity index (χ0) is 8.97. The van der Waals surface area contributed by atoms with Gasteiger partial charge >= 0.3 is 0 Å². The molecule has 0 aliphatic carbocycles. The predicted molar refractivity (Wildman–Crippen MR) is 51.2 cm³/mol. The first-order valence-electron chi connectivity index (χ1n) is 3.60. The lowest BCUT2D eigenvalue weighted by molar-refractivity contribution is 0.475. The van der Waals surface area contributed by atoms with Crippen molar-refractivity contribution in [3.63, 3.8) is 0 Å². The SMILES string of the molecule is NCC=Cc1cccc(O)c1Cl. The average molecular weight is 184 g/mol. The molecule has 0 spiro atoms. The average Bonchev–Trinajstić information content (AvgIpc) is 2.08. The maximum atomic E-state index is 9.20. The highest BCUT2D eigenvalue weighted by molar-refractivity contribution is 6.33. The molecule has 0 aromatic heterocycles. The van der Waals surface area contributed by atoms with Crippen LogP contribution in [0.5, 0.6) is 5.75 Å². The molecule has 1 aromatic rings. The number of benzene rings is 1. The van der Waals surface area contributed by atoms with E-state index in [1.807, 2.05) is 6.07 Å². The van der Waals surface area contributed by atoms with E-state index in [-0.39, 0.29) is 5.75 Å². The molecule has 1 aromatic carbocycles. The summed E-state index contributed by atoms with van der Waals surface area (Å²) in [4.78, 5) is 0. The zero-order valence-electron chi connectivity index (χ0n) is 6.50. The minimum atomic E-state index is 0.0934. The van der Waals surface area contributed by atoms with Crippen LogP contribution >= 0.6 is 11.6 Å². The lowest BCUT2D eigenvalue weighted by Crippen LogP contribution is -1.91. The summed E-state index contributed by atoms with van der Waals surface area (Å²) in [5.74, 6) is 0.0934. The fraction of sp³-hybridized carbons (Fsp3) is 0.111. The first-order valence-corrected chi connectivity index (χ1v) is 3.97. The molecule has 0 amide bonds. The topological polar surface area (TPSA) is 46.2 Å². The van der Waals surface area contributed by atoms with Gasteiger partial charge in [-0.05, 0) is 11.6 Å². The van der Waals surface area contributed by atoms with Crippen molar-refractivity contribution in [3.8, 4) is 5.75 Å². The van der Waals surface area contributed by atoms with Crippen LogP contribution < -0.4 is 5.73 Å². The molecular formula is C9H10ClNO. The number of hydrogen-bond donors (Lipinski definition) is 2. The largest absolute Gasteiger partial charge is 0.506 e. The number of rotatable bonds is 2. The normalized spacial score (nSPS) is 10.8. The summed E-state index contributed by atoms with van der Waals surface area (Å²) in [6, 6.07) is 5.09. The van der Waals surface area contributed by atoms with Gasteiger partial charge in [0.2, 0.25) is 0 Å². The van der Waals surface area contributed by atoms with Crippen LogP contribution in [0.15, 0.2) is 24.3 Å². The Bertz CT molecular complexity index is 297. The van der Waals surface area contributed by atoms with Crippen molar-refractivity contribution in [1.29, 1.82) is 0 Å². The van der Waals surface area contributed by atoms with Crippen molar-refractivity contribution in [2.24, 2.45) is 5.73 Å². The van der Waals surface area contributed by atoms with Gasteiger partial charge in [-0.25, -0.2) is 0 Å². The molecule has 0 fully saturated rings. The van der Waals surface area contributed by atoms with Gasteiger partial charge in [-0.15, -0.1) is 0 Å². The van der Waals surface area contributed by atoms with E-state index in [9.17, 15) is 5.11 Å². The number of phenolic OH excluding ortho intramolecular Hbond substituents is 1. The van der Waals surface area contributed by atoms with Gasteiger partial charge in [0.25, 0.3) is 0 Å². The second-order valence-electron chi connectivity index (χ2n) is 2.32. The third-order valence-electron chi connectivity index (χ3n) is 1.44. The first kappa shape index (κ1) is 9.10. The standard InChI is InChI=1S/C9H10ClNO/c10-9-7(4-2-6-11)3-1-5-8(9)12/h1-5,12H,6,11H2. The lowest BCUT2D eigenvalue weighted by Gasteiger charge is -1.99. The molecule has 3 N–H and O–H groups in total. The summed E-state index contributed by atoms with van der Waals surface area (Å²) in [6.07, 6.45) is 3.56. The van der Waals surface area contributed by atoms with E-state index in [1.165, 1.54) is 0 Å². The molecule has 0 radical (unpaired) electrons. The molecule has 3 heteroatoms. The molecule has 2 nitrogen and oxygen atoms in total. The fourth-order valence-electron chi connectivity index (χ4n) is 0.861. The van der Waals surface area contributed by atoms with Gasteiger partial charge in [0.1, 0.15) is 5.75 Å². The Hall–Kier alpha value is -0.990. The molecule has 0 bridgehead atoms. The Morgan fingerprint density at radius 2 is 2.25 bits per heavy atom. The van der Waals surface area contributed by atoms with Gasteiger partial charge < -0.3 is 10.8 Å². The number of hydrogen-bond acceptors (Lipinski definition) is 2. The smallest absolute Gasteiger partial charge is 0.134 e. The van der Waals surface area contributed by atoms with Crippen molar-refractivity contribution in [2.75, 3.05) is 6.54 Å². The number of aromatic hydroxyl groups is 1. The van der Waals surface area contributed by atoms with E-state index in [1.54, 1.807) is 24.3 Å². The van der Waals surface area contributed by atoms with Crippen LogP contribution in [-0.2, 0) is 0 Å². The van der Waals surface area contributed by atoms with Crippen molar-refractivity contribution in [3.05, 3.63) is 34.9 Å². The predicted octanol–water partition coefficient (Wildman–Crippen LogP) is 2.02. The highest BCUT2D eigenvalue weighted by atomic mass is 35.5. The molecular weight excluding hydrogens is 174 g/mol. The van der Waals surface area contributed by atoms with Gasteiger partial charge in [-0.2, -0.15) is 0 Å². The molecule has 0 aliphatic heterocycles. The van der Waals surface area contributed by atoms with Gasteiger partial charge in [-0.3, -0.25) is 0 Å². The summed E-state index contributed by atoms with van der Waals surface area (Å²) in [5.41, 5.74) is 6.05. The van der Waals surface area contributed by atoms with Crippen LogP contribution in [-0.4, -0.2) is 11.7 Å². The van der Waals surface area contributed by atoms with Crippen LogP contribution in [0, 0.1) is 0 Å². The quantitative estimate of drug-likeness (QED) is 0.737. The van der Waals surface area contributed by atoms with Crippen molar-refractivity contribution < 1.29 is 5.11 Å². The van der Waals surface area contributed by atoms with Crippen LogP contribution in [0.2, 0.25) is 5.02 Å². The molecule has 0 aliphatic rings. The maximum absolute atomic E-state index is 9.20. The minimum absolute atomic E-state index is 0.0934. The van der Waals surface area contributed by atoms with Crippen molar-refractivity contribution in [1.82, 2.24) is 0 Å². The monoisotopic (exact) mass is 183 g/mol. The Labute approximate surface area is 76.3 Å². The summed E-state index contributed by atoms with van der Waals surface area (Å²) in [5, 5.41) is 9.57. The third-order valence-corrected chi connectivity index (χ3v) is 1.85. The van der Waals surface area contributed by atoms with E-state index in [2.05, 4.69) is 0 Å². The Morgan fingerprint density at radius 3 is 2.92 bits per heavy atom. The van der Waals surface area contributed by atoms with E-state index >= 15 is 0 Å². The summed E-state index contributed by atoms with van der Waals surface area (Å²) in [6.45, 7) is 0.464. The van der Waals surface area contributed by atoms with Gasteiger partial charge in [0.05, 0.1) is 5.02 Å². The fourth-order valence-corrected chi connectivity index (χ4v) is 1.05. The molecule has 0 saturated heterocycles. The van der Waals surface area contributed by atoms with Gasteiger partial charge in [-0.1, -0.05) is 35.9 Å².